The van der Waals surface area contributed by atoms with Crippen LogP contribution in [0.25, 0.3) is 11.0 Å². The highest BCUT2D eigenvalue weighted by Gasteiger charge is 2.08. The quantitative estimate of drug-likeness (QED) is 0.674. The minimum Gasteiger partial charge on any atom is -0.340 e. The molecule has 0 atom stereocenters. The number of carbonyl (C=O) groups is 1. The number of para-hydroxylation sites is 2. The lowest BCUT2D eigenvalue weighted by Crippen LogP contribution is -2.24. The number of allylic oxidation sites excluding steroid dienone is 3. The van der Waals surface area contributed by atoms with Crippen LogP contribution in [-0.4, -0.2) is 27.8 Å². The van der Waals surface area contributed by atoms with Gasteiger partial charge in [0.2, 0.25) is 5.91 Å². The number of hydrogen-bond acceptors (Lipinski definition) is 2. The third-order valence-corrected chi connectivity index (χ3v) is 2.74. The molecule has 1 heterocycles. The maximum Gasteiger partial charge on any atom is 0.246 e. The molecule has 19 heavy (non-hydrogen) atoms. The molecule has 0 fully saturated rings. The summed E-state index contributed by atoms with van der Waals surface area (Å²) in [4.78, 5) is 21.1. The number of likely N-dealkylation sites (N-methyl/N-ethyl adjacent to an activating group) is 1. The molecule has 0 unspecified atom stereocenters. The average Bonchev–Trinajstić information content (AvgIpc) is 2.80. The third kappa shape index (κ3) is 3.31. The molecule has 0 aliphatic carbocycles. The summed E-state index contributed by atoms with van der Waals surface area (Å²) in [6, 6.07) is 7.82. The Kier molecular flexibility index (Phi) is 4.13. The van der Waals surface area contributed by atoms with Crippen molar-refractivity contribution in [2.24, 2.45) is 0 Å². The molecular weight excluding hydrogens is 238 g/mol. The highest BCUT2D eigenvalue weighted by Crippen LogP contribution is 2.11. The predicted octanol–water partition coefficient (Wildman–Crippen LogP) is 2.65. The number of carbonyl (C=O) groups excluding carboxylic acids is 1. The molecule has 4 heteroatoms. The minimum atomic E-state index is -0.0430. The number of rotatable bonds is 4. The van der Waals surface area contributed by atoms with E-state index in [4.69, 9.17) is 0 Å². The van der Waals surface area contributed by atoms with E-state index in [0.29, 0.717) is 6.54 Å². The van der Waals surface area contributed by atoms with Crippen molar-refractivity contribution in [2.45, 2.75) is 13.5 Å². The van der Waals surface area contributed by atoms with Crippen LogP contribution in [0.1, 0.15) is 12.7 Å². The summed E-state index contributed by atoms with van der Waals surface area (Å²) in [5.41, 5.74) is 1.91. The lowest BCUT2D eigenvalue weighted by molar-refractivity contribution is -0.125. The van der Waals surface area contributed by atoms with E-state index in [0.717, 1.165) is 16.9 Å². The fraction of sp³-hybridized carbons (Fsp3) is 0.200. The van der Waals surface area contributed by atoms with Gasteiger partial charge in [0.25, 0.3) is 0 Å². The third-order valence-electron chi connectivity index (χ3n) is 2.74. The lowest BCUT2D eigenvalue weighted by Gasteiger charge is -2.12. The molecule has 0 spiro atoms. The van der Waals surface area contributed by atoms with E-state index in [-0.39, 0.29) is 5.91 Å². The molecule has 1 aromatic heterocycles. The van der Waals surface area contributed by atoms with Crippen molar-refractivity contribution in [3.05, 3.63) is 54.4 Å². The van der Waals surface area contributed by atoms with Gasteiger partial charge in [0.05, 0.1) is 17.6 Å². The fourth-order valence-corrected chi connectivity index (χ4v) is 1.76. The van der Waals surface area contributed by atoms with Crippen LogP contribution < -0.4 is 0 Å². The maximum absolute atomic E-state index is 11.8. The van der Waals surface area contributed by atoms with Crippen LogP contribution in [0.3, 0.4) is 0 Å². The van der Waals surface area contributed by atoms with Crippen molar-refractivity contribution in [3.63, 3.8) is 0 Å². The fourth-order valence-electron chi connectivity index (χ4n) is 1.76. The molecule has 2 aromatic rings. The number of fused-ring (bicyclic) bond motifs is 1. The molecule has 0 bridgehead atoms. The van der Waals surface area contributed by atoms with E-state index < -0.39 is 0 Å². The van der Waals surface area contributed by atoms with Gasteiger partial charge in [-0.2, -0.15) is 0 Å². The van der Waals surface area contributed by atoms with Crippen molar-refractivity contribution in [2.75, 3.05) is 7.05 Å². The first kappa shape index (κ1) is 13.1. The van der Waals surface area contributed by atoms with Crippen LogP contribution in [0, 0.1) is 0 Å². The van der Waals surface area contributed by atoms with E-state index >= 15 is 0 Å². The standard InChI is InChI=1S/C15H17N3O/c1-3-4-5-10-15(19)18(2)11-14-16-12-8-6-7-9-13(12)17-14/h3-10H,11H2,1-2H3,(H,16,17). The maximum atomic E-state index is 11.8. The second-order valence-electron chi connectivity index (χ2n) is 4.28. The normalized spacial score (nSPS) is 11.7. The highest BCUT2D eigenvalue weighted by atomic mass is 16.2. The van der Waals surface area contributed by atoms with Gasteiger partial charge in [0, 0.05) is 13.1 Å². The topological polar surface area (TPSA) is 49.0 Å². The summed E-state index contributed by atoms with van der Waals surface area (Å²) in [5.74, 6) is 0.745. The van der Waals surface area contributed by atoms with E-state index in [2.05, 4.69) is 9.97 Å². The zero-order chi connectivity index (χ0) is 13.7. The van der Waals surface area contributed by atoms with Gasteiger partial charge in [-0.15, -0.1) is 0 Å². The van der Waals surface area contributed by atoms with Crippen LogP contribution in [0.2, 0.25) is 0 Å². The number of hydrogen-bond donors (Lipinski definition) is 1. The number of benzene rings is 1. The number of aromatic amines is 1. The predicted molar refractivity (Wildman–Crippen MR) is 76.5 cm³/mol. The van der Waals surface area contributed by atoms with Gasteiger partial charge in [0.15, 0.2) is 0 Å². The van der Waals surface area contributed by atoms with Gasteiger partial charge >= 0.3 is 0 Å². The molecule has 1 N–H and O–H groups in total. The molecular formula is C15H17N3O. The van der Waals surface area contributed by atoms with Crippen LogP contribution in [-0.2, 0) is 11.3 Å². The smallest absolute Gasteiger partial charge is 0.246 e. The minimum absolute atomic E-state index is 0.0430. The van der Waals surface area contributed by atoms with E-state index in [1.807, 2.05) is 43.3 Å². The molecule has 0 saturated heterocycles. The van der Waals surface area contributed by atoms with Crippen molar-refractivity contribution < 1.29 is 4.79 Å². The van der Waals surface area contributed by atoms with Crippen molar-refractivity contribution in [3.8, 4) is 0 Å². The summed E-state index contributed by atoms with van der Waals surface area (Å²) in [5, 5.41) is 0. The first-order valence-electron chi connectivity index (χ1n) is 6.19. The second kappa shape index (κ2) is 6.00. The number of imidazole rings is 1. The zero-order valence-electron chi connectivity index (χ0n) is 11.1. The molecule has 2 rings (SSSR count). The van der Waals surface area contributed by atoms with E-state index in [1.165, 1.54) is 0 Å². The van der Waals surface area contributed by atoms with Gasteiger partial charge < -0.3 is 9.88 Å². The Morgan fingerprint density at radius 3 is 2.89 bits per heavy atom. The Morgan fingerprint density at radius 2 is 2.16 bits per heavy atom. The Bertz CT molecular complexity index is 592. The van der Waals surface area contributed by atoms with Crippen LogP contribution in [0.4, 0.5) is 0 Å². The van der Waals surface area contributed by atoms with Gasteiger partial charge in [-0.05, 0) is 19.1 Å². The van der Waals surface area contributed by atoms with Crippen LogP contribution in [0.5, 0.6) is 0 Å². The Hall–Kier alpha value is -2.36. The summed E-state index contributed by atoms with van der Waals surface area (Å²) in [7, 11) is 1.76. The number of aromatic nitrogens is 2. The van der Waals surface area contributed by atoms with Crippen molar-refractivity contribution in [1.82, 2.24) is 14.9 Å². The summed E-state index contributed by atoms with van der Waals surface area (Å²) in [6.45, 7) is 2.38. The first-order chi connectivity index (χ1) is 9.20. The van der Waals surface area contributed by atoms with Gasteiger partial charge in [-0.1, -0.05) is 30.4 Å². The largest absolute Gasteiger partial charge is 0.340 e. The summed E-state index contributed by atoms with van der Waals surface area (Å²) >= 11 is 0. The zero-order valence-corrected chi connectivity index (χ0v) is 11.1. The molecule has 98 valence electrons. The van der Waals surface area contributed by atoms with Gasteiger partial charge in [-0.3, -0.25) is 4.79 Å². The van der Waals surface area contributed by atoms with Crippen molar-refractivity contribution >= 4 is 16.9 Å². The number of H-pyrrole nitrogens is 1. The number of amides is 1. The second-order valence-corrected chi connectivity index (χ2v) is 4.28. The first-order valence-corrected chi connectivity index (χ1v) is 6.19. The summed E-state index contributed by atoms with van der Waals surface area (Å²) in [6.07, 6.45) is 6.98. The van der Waals surface area contributed by atoms with E-state index in [9.17, 15) is 4.79 Å². The highest BCUT2D eigenvalue weighted by molar-refractivity contribution is 5.87. The van der Waals surface area contributed by atoms with Gasteiger partial charge in [0.1, 0.15) is 5.82 Å². The lowest BCUT2D eigenvalue weighted by atomic mass is 10.3. The Balaban J connectivity index is 2.05. The molecule has 1 amide bonds. The molecule has 1 aromatic carbocycles. The summed E-state index contributed by atoms with van der Waals surface area (Å²) < 4.78 is 0. The molecule has 0 aliphatic heterocycles. The number of nitrogens with zero attached hydrogens (tertiary/aromatic N) is 2. The molecule has 4 nitrogen and oxygen atoms in total. The molecule has 0 saturated carbocycles. The van der Waals surface area contributed by atoms with Crippen LogP contribution >= 0.6 is 0 Å². The Morgan fingerprint density at radius 1 is 1.37 bits per heavy atom. The van der Waals surface area contributed by atoms with Crippen LogP contribution in [0.15, 0.2) is 48.6 Å². The molecule has 0 radical (unpaired) electrons. The average molecular weight is 255 g/mol. The monoisotopic (exact) mass is 255 g/mol. The van der Waals surface area contributed by atoms with E-state index in [1.54, 1.807) is 24.1 Å². The van der Waals surface area contributed by atoms with Crippen molar-refractivity contribution in [1.29, 1.82) is 0 Å². The SMILES string of the molecule is CC=CC=CC(=O)N(C)Cc1nc2ccccc2[nH]1. The molecule has 0 aliphatic rings. The number of nitrogens with one attached hydrogen (secondary N) is 1. The van der Waals surface area contributed by atoms with Gasteiger partial charge in [-0.25, -0.2) is 4.98 Å². The Labute approximate surface area is 112 Å².